The van der Waals surface area contributed by atoms with Crippen LogP contribution in [0.4, 0.5) is 0 Å². The van der Waals surface area contributed by atoms with E-state index in [1.54, 1.807) is 14.2 Å². The summed E-state index contributed by atoms with van der Waals surface area (Å²) in [6, 6.07) is 7.42. The SMILES string of the molecule is COc1cccc(-c2nc(SCCC(C)C)c3c(=O)n(C)c(=O)n(C)c3n2)c1. The van der Waals surface area contributed by atoms with E-state index in [-0.39, 0.29) is 5.56 Å². The van der Waals surface area contributed by atoms with Crippen LogP contribution in [0.5, 0.6) is 5.75 Å². The second kappa shape index (κ2) is 8.18. The Morgan fingerprint density at radius 1 is 1.14 bits per heavy atom. The van der Waals surface area contributed by atoms with Crippen LogP contribution in [0.15, 0.2) is 38.9 Å². The van der Waals surface area contributed by atoms with Crippen LogP contribution in [-0.4, -0.2) is 32.0 Å². The summed E-state index contributed by atoms with van der Waals surface area (Å²) >= 11 is 1.52. The fourth-order valence-electron chi connectivity index (χ4n) is 2.82. The van der Waals surface area contributed by atoms with Crippen molar-refractivity contribution in [3.05, 3.63) is 45.1 Å². The number of aryl methyl sites for hydroxylation is 1. The van der Waals surface area contributed by atoms with E-state index in [0.717, 1.165) is 22.3 Å². The van der Waals surface area contributed by atoms with Gasteiger partial charge >= 0.3 is 5.69 Å². The van der Waals surface area contributed by atoms with E-state index in [1.807, 2.05) is 24.3 Å². The van der Waals surface area contributed by atoms with Gasteiger partial charge in [-0.05, 0) is 30.2 Å². The molecule has 3 aromatic rings. The first-order valence-electron chi connectivity index (χ1n) is 9.08. The lowest BCUT2D eigenvalue weighted by Gasteiger charge is -2.12. The number of rotatable bonds is 6. The maximum absolute atomic E-state index is 12.8. The van der Waals surface area contributed by atoms with Gasteiger partial charge < -0.3 is 4.74 Å². The van der Waals surface area contributed by atoms with Crippen LogP contribution in [0.25, 0.3) is 22.4 Å². The summed E-state index contributed by atoms with van der Waals surface area (Å²) < 4.78 is 7.79. The first-order valence-corrected chi connectivity index (χ1v) is 10.1. The number of thioether (sulfide) groups is 1. The quantitative estimate of drug-likeness (QED) is 0.468. The number of nitrogens with zero attached hydrogens (tertiary/aromatic N) is 4. The van der Waals surface area contributed by atoms with E-state index in [2.05, 4.69) is 23.8 Å². The molecule has 8 heteroatoms. The Labute approximate surface area is 167 Å². The fraction of sp³-hybridized carbons (Fsp3) is 0.400. The molecule has 0 N–H and O–H groups in total. The Hall–Kier alpha value is -2.61. The molecule has 0 aliphatic heterocycles. The third kappa shape index (κ3) is 3.82. The monoisotopic (exact) mass is 400 g/mol. The molecule has 28 heavy (non-hydrogen) atoms. The minimum atomic E-state index is -0.411. The van der Waals surface area contributed by atoms with E-state index in [1.165, 1.54) is 23.4 Å². The van der Waals surface area contributed by atoms with Gasteiger partial charge in [-0.25, -0.2) is 14.8 Å². The summed E-state index contributed by atoms with van der Waals surface area (Å²) in [5, 5.41) is 0.977. The summed E-state index contributed by atoms with van der Waals surface area (Å²) in [6.45, 7) is 4.31. The van der Waals surface area contributed by atoms with Crippen molar-refractivity contribution in [2.24, 2.45) is 20.0 Å². The van der Waals surface area contributed by atoms with Gasteiger partial charge in [-0.3, -0.25) is 13.9 Å². The zero-order chi connectivity index (χ0) is 20.4. The van der Waals surface area contributed by atoms with Crippen molar-refractivity contribution in [2.75, 3.05) is 12.9 Å². The molecular formula is C20H24N4O3S. The maximum Gasteiger partial charge on any atom is 0.332 e. The minimum Gasteiger partial charge on any atom is -0.497 e. The average molecular weight is 401 g/mol. The molecule has 0 atom stereocenters. The van der Waals surface area contributed by atoms with Gasteiger partial charge in [0.05, 0.1) is 7.11 Å². The van der Waals surface area contributed by atoms with E-state index in [0.29, 0.717) is 33.6 Å². The second-order valence-corrected chi connectivity index (χ2v) is 8.10. The lowest BCUT2D eigenvalue weighted by molar-refractivity contribution is 0.415. The number of aromatic nitrogens is 4. The lowest BCUT2D eigenvalue weighted by Crippen LogP contribution is -2.37. The normalized spacial score (nSPS) is 11.4. The Bertz CT molecular complexity index is 1130. The highest BCUT2D eigenvalue weighted by Crippen LogP contribution is 2.28. The van der Waals surface area contributed by atoms with Gasteiger partial charge in [-0.1, -0.05) is 26.0 Å². The molecule has 0 bridgehead atoms. The third-order valence-electron chi connectivity index (χ3n) is 4.53. The molecule has 148 valence electrons. The van der Waals surface area contributed by atoms with Gasteiger partial charge in [0.25, 0.3) is 5.56 Å². The van der Waals surface area contributed by atoms with Crippen molar-refractivity contribution < 1.29 is 4.74 Å². The van der Waals surface area contributed by atoms with Crippen molar-refractivity contribution in [2.45, 2.75) is 25.3 Å². The summed E-state index contributed by atoms with van der Waals surface area (Å²) in [4.78, 5) is 34.4. The molecule has 2 heterocycles. The Morgan fingerprint density at radius 3 is 2.57 bits per heavy atom. The van der Waals surface area contributed by atoms with Crippen LogP contribution in [0.1, 0.15) is 20.3 Å². The first kappa shape index (κ1) is 20.1. The highest BCUT2D eigenvalue weighted by molar-refractivity contribution is 7.99. The van der Waals surface area contributed by atoms with Crippen LogP contribution in [0.3, 0.4) is 0 Å². The van der Waals surface area contributed by atoms with E-state index in [4.69, 9.17) is 4.74 Å². The third-order valence-corrected chi connectivity index (χ3v) is 5.54. The summed E-state index contributed by atoms with van der Waals surface area (Å²) in [7, 11) is 4.69. The number of hydrogen-bond acceptors (Lipinski definition) is 6. The fourth-order valence-corrected chi connectivity index (χ4v) is 4.07. The number of ether oxygens (including phenoxy) is 1. The van der Waals surface area contributed by atoms with Crippen LogP contribution in [-0.2, 0) is 14.1 Å². The van der Waals surface area contributed by atoms with Gasteiger partial charge in [0.1, 0.15) is 16.2 Å². The van der Waals surface area contributed by atoms with Crippen molar-refractivity contribution >= 4 is 22.8 Å². The number of benzene rings is 1. The smallest absolute Gasteiger partial charge is 0.332 e. The molecule has 0 aliphatic rings. The van der Waals surface area contributed by atoms with Crippen LogP contribution >= 0.6 is 11.8 Å². The molecule has 2 aromatic heterocycles. The Kier molecular flexibility index (Phi) is 5.88. The highest BCUT2D eigenvalue weighted by atomic mass is 32.2. The number of methoxy groups -OCH3 is 1. The van der Waals surface area contributed by atoms with E-state index < -0.39 is 5.69 Å². The number of fused-ring (bicyclic) bond motifs is 1. The molecule has 0 radical (unpaired) electrons. The topological polar surface area (TPSA) is 79.0 Å². The minimum absolute atomic E-state index is 0.341. The Morgan fingerprint density at radius 2 is 1.89 bits per heavy atom. The molecule has 0 fully saturated rings. The van der Waals surface area contributed by atoms with Crippen molar-refractivity contribution in [1.82, 2.24) is 19.1 Å². The van der Waals surface area contributed by atoms with Gasteiger partial charge in [0.15, 0.2) is 11.5 Å². The zero-order valence-corrected chi connectivity index (χ0v) is 17.5. The molecule has 1 aromatic carbocycles. The van der Waals surface area contributed by atoms with Crippen molar-refractivity contribution in [3.8, 4) is 17.1 Å². The molecule has 0 saturated carbocycles. The zero-order valence-electron chi connectivity index (χ0n) is 16.7. The molecule has 0 saturated heterocycles. The van der Waals surface area contributed by atoms with Crippen molar-refractivity contribution in [3.63, 3.8) is 0 Å². The molecule has 0 spiro atoms. The molecule has 7 nitrogen and oxygen atoms in total. The van der Waals surface area contributed by atoms with Gasteiger partial charge in [-0.15, -0.1) is 11.8 Å². The average Bonchev–Trinajstić information content (AvgIpc) is 2.69. The molecular weight excluding hydrogens is 376 g/mol. The Balaban J connectivity index is 2.26. The van der Waals surface area contributed by atoms with Gasteiger partial charge in [0, 0.05) is 19.7 Å². The largest absolute Gasteiger partial charge is 0.497 e. The summed E-state index contributed by atoms with van der Waals surface area (Å²) in [6.07, 6.45) is 0.997. The highest BCUT2D eigenvalue weighted by Gasteiger charge is 2.18. The summed E-state index contributed by atoms with van der Waals surface area (Å²) in [5.74, 6) is 2.52. The van der Waals surface area contributed by atoms with Gasteiger partial charge in [0.2, 0.25) is 0 Å². The standard InChI is InChI=1S/C20H24N4O3S/c1-12(2)9-10-28-18-15-17(23(3)20(26)24(4)19(15)25)21-16(22-18)13-7-6-8-14(11-13)27-5/h6-8,11-12H,9-10H2,1-5H3. The predicted octanol–water partition coefficient (Wildman–Crippen LogP) is 2.84. The molecule has 0 aliphatic carbocycles. The van der Waals surface area contributed by atoms with Crippen molar-refractivity contribution in [1.29, 1.82) is 0 Å². The number of hydrogen-bond donors (Lipinski definition) is 0. The predicted molar refractivity (Wildman–Crippen MR) is 112 cm³/mol. The first-order chi connectivity index (χ1) is 13.3. The molecule has 0 unspecified atom stereocenters. The molecule has 3 rings (SSSR count). The van der Waals surface area contributed by atoms with Crippen LogP contribution in [0, 0.1) is 5.92 Å². The lowest BCUT2D eigenvalue weighted by atomic mass is 10.2. The van der Waals surface area contributed by atoms with Crippen LogP contribution in [0.2, 0.25) is 0 Å². The van der Waals surface area contributed by atoms with Gasteiger partial charge in [-0.2, -0.15) is 0 Å². The van der Waals surface area contributed by atoms with E-state index >= 15 is 0 Å². The van der Waals surface area contributed by atoms with Crippen LogP contribution < -0.4 is 16.0 Å². The summed E-state index contributed by atoms with van der Waals surface area (Å²) in [5.41, 5.74) is 0.321. The van der Waals surface area contributed by atoms with E-state index in [9.17, 15) is 9.59 Å². The second-order valence-electron chi connectivity index (χ2n) is 7.02. The molecule has 0 amide bonds. The maximum atomic E-state index is 12.8.